The van der Waals surface area contributed by atoms with Gasteiger partial charge in [0.1, 0.15) is 11.5 Å². The third-order valence-electron chi connectivity index (χ3n) is 3.59. The summed E-state index contributed by atoms with van der Waals surface area (Å²) in [6, 6.07) is 16.7. The number of carbonyl (C=O) groups excluding carboxylic acids is 1. The molecule has 3 rings (SSSR count). The van der Waals surface area contributed by atoms with Crippen LogP contribution in [0.2, 0.25) is 0 Å². The minimum Gasteiger partial charge on any atom is -0.457 e. The van der Waals surface area contributed by atoms with Gasteiger partial charge in [0.2, 0.25) is 0 Å². The number of ether oxygens (including phenoxy) is 2. The lowest BCUT2D eigenvalue weighted by Gasteiger charge is -2.11. The van der Waals surface area contributed by atoms with Gasteiger partial charge >= 0.3 is 0 Å². The second kappa shape index (κ2) is 7.09. The zero-order valence-corrected chi connectivity index (χ0v) is 12.3. The van der Waals surface area contributed by atoms with Gasteiger partial charge in [-0.15, -0.1) is 0 Å². The van der Waals surface area contributed by atoms with Crippen LogP contribution < -0.4 is 10.1 Å². The van der Waals surface area contributed by atoms with Crippen LogP contribution in [-0.4, -0.2) is 25.2 Å². The summed E-state index contributed by atoms with van der Waals surface area (Å²) in [6.45, 7) is 1.35. The molecule has 1 saturated heterocycles. The summed E-state index contributed by atoms with van der Waals surface area (Å²) in [4.78, 5) is 12.2. The molecular weight excluding hydrogens is 278 g/mol. The van der Waals surface area contributed by atoms with Crippen molar-refractivity contribution in [3.05, 3.63) is 60.2 Å². The van der Waals surface area contributed by atoms with E-state index in [1.807, 2.05) is 42.5 Å². The molecule has 2 aromatic rings. The zero-order valence-electron chi connectivity index (χ0n) is 12.3. The van der Waals surface area contributed by atoms with E-state index in [0.29, 0.717) is 17.9 Å². The van der Waals surface area contributed by atoms with Gasteiger partial charge in [-0.3, -0.25) is 4.79 Å². The maximum Gasteiger partial charge on any atom is 0.251 e. The molecule has 1 fully saturated rings. The number of benzene rings is 2. The Labute approximate surface area is 130 Å². The van der Waals surface area contributed by atoms with Gasteiger partial charge in [-0.1, -0.05) is 24.3 Å². The Morgan fingerprint density at radius 2 is 1.95 bits per heavy atom. The SMILES string of the molecule is O=C(NC[C@H]1CCCO1)c1cccc(Oc2ccccc2)c1. The van der Waals surface area contributed by atoms with E-state index in [1.54, 1.807) is 12.1 Å². The van der Waals surface area contributed by atoms with Crippen molar-refractivity contribution < 1.29 is 14.3 Å². The lowest BCUT2D eigenvalue weighted by atomic mass is 10.2. The first-order valence-electron chi connectivity index (χ1n) is 7.54. The summed E-state index contributed by atoms with van der Waals surface area (Å²) >= 11 is 0. The smallest absolute Gasteiger partial charge is 0.251 e. The Bertz CT molecular complexity index is 621. The van der Waals surface area contributed by atoms with Crippen LogP contribution in [0.1, 0.15) is 23.2 Å². The van der Waals surface area contributed by atoms with E-state index >= 15 is 0 Å². The van der Waals surface area contributed by atoms with Gasteiger partial charge in [0.05, 0.1) is 6.10 Å². The van der Waals surface area contributed by atoms with Gasteiger partial charge < -0.3 is 14.8 Å². The van der Waals surface area contributed by atoms with Crippen LogP contribution in [0.15, 0.2) is 54.6 Å². The van der Waals surface area contributed by atoms with E-state index in [9.17, 15) is 4.79 Å². The zero-order chi connectivity index (χ0) is 15.2. The topological polar surface area (TPSA) is 47.6 Å². The average molecular weight is 297 g/mol. The summed E-state index contributed by atoms with van der Waals surface area (Å²) < 4.78 is 11.2. The predicted molar refractivity (Wildman–Crippen MR) is 84.3 cm³/mol. The van der Waals surface area contributed by atoms with Crippen molar-refractivity contribution >= 4 is 5.91 Å². The van der Waals surface area contributed by atoms with Gasteiger partial charge in [0.15, 0.2) is 0 Å². The first-order chi connectivity index (χ1) is 10.8. The highest BCUT2D eigenvalue weighted by molar-refractivity contribution is 5.94. The third-order valence-corrected chi connectivity index (χ3v) is 3.59. The van der Waals surface area contributed by atoms with Gasteiger partial charge in [-0.25, -0.2) is 0 Å². The van der Waals surface area contributed by atoms with Gasteiger partial charge in [-0.05, 0) is 43.2 Å². The molecule has 0 radical (unpaired) electrons. The maximum absolute atomic E-state index is 12.2. The van der Waals surface area contributed by atoms with E-state index in [0.717, 1.165) is 25.2 Å². The van der Waals surface area contributed by atoms with Crippen LogP contribution in [-0.2, 0) is 4.74 Å². The van der Waals surface area contributed by atoms with Gasteiger partial charge in [0.25, 0.3) is 5.91 Å². The highest BCUT2D eigenvalue weighted by Crippen LogP contribution is 2.21. The Hall–Kier alpha value is -2.33. The summed E-state index contributed by atoms with van der Waals surface area (Å²) in [5.41, 5.74) is 0.589. The first kappa shape index (κ1) is 14.6. The molecule has 1 atom stereocenters. The number of rotatable bonds is 5. The molecule has 0 spiro atoms. The lowest BCUT2D eigenvalue weighted by molar-refractivity contribution is 0.0857. The molecule has 2 aromatic carbocycles. The predicted octanol–water partition coefficient (Wildman–Crippen LogP) is 3.39. The van der Waals surface area contributed by atoms with E-state index < -0.39 is 0 Å². The molecule has 0 unspecified atom stereocenters. The van der Waals surface area contributed by atoms with E-state index in [-0.39, 0.29) is 12.0 Å². The monoisotopic (exact) mass is 297 g/mol. The molecule has 1 N–H and O–H groups in total. The molecular formula is C18H19NO3. The van der Waals surface area contributed by atoms with Crippen molar-refractivity contribution in [3.8, 4) is 11.5 Å². The number of amides is 1. The van der Waals surface area contributed by atoms with Gasteiger partial charge in [0, 0.05) is 18.7 Å². The number of carbonyl (C=O) groups is 1. The lowest BCUT2D eigenvalue weighted by Crippen LogP contribution is -2.31. The summed E-state index contributed by atoms with van der Waals surface area (Å²) in [7, 11) is 0. The van der Waals surface area contributed by atoms with E-state index in [4.69, 9.17) is 9.47 Å². The molecule has 0 bridgehead atoms. The summed E-state index contributed by atoms with van der Waals surface area (Å²) in [6.07, 6.45) is 2.23. The summed E-state index contributed by atoms with van der Waals surface area (Å²) in [5, 5.41) is 2.91. The number of nitrogens with one attached hydrogen (secondary N) is 1. The molecule has 1 aliphatic heterocycles. The van der Waals surface area contributed by atoms with E-state index in [2.05, 4.69) is 5.32 Å². The third kappa shape index (κ3) is 3.86. The van der Waals surface area contributed by atoms with Crippen LogP contribution in [0.5, 0.6) is 11.5 Å². The van der Waals surface area contributed by atoms with Crippen LogP contribution in [0.4, 0.5) is 0 Å². The normalized spacial score (nSPS) is 17.2. The quantitative estimate of drug-likeness (QED) is 0.920. The highest BCUT2D eigenvalue weighted by atomic mass is 16.5. The first-order valence-corrected chi connectivity index (χ1v) is 7.54. The van der Waals surface area contributed by atoms with Crippen LogP contribution in [0, 0.1) is 0 Å². The molecule has 114 valence electrons. The molecule has 4 nitrogen and oxygen atoms in total. The van der Waals surface area contributed by atoms with Crippen LogP contribution in [0.3, 0.4) is 0 Å². The number of hydrogen-bond acceptors (Lipinski definition) is 3. The average Bonchev–Trinajstić information content (AvgIpc) is 3.07. The minimum atomic E-state index is -0.103. The Balaban J connectivity index is 1.61. The second-order valence-electron chi connectivity index (χ2n) is 5.29. The maximum atomic E-state index is 12.2. The Morgan fingerprint density at radius 3 is 2.73 bits per heavy atom. The molecule has 1 heterocycles. The molecule has 1 amide bonds. The minimum absolute atomic E-state index is 0.103. The fourth-order valence-corrected chi connectivity index (χ4v) is 2.44. The van der Waals surface area contributed by atoms with Crippen molar-refractivity contribution in [1.82, 2.24) is 5.32 Å². The Kier molecular flexibility index (Phi) is 4.71. The standard InChI is InChI=1S/C18H19NO3/c20-18(19-13-17-10-5-11-21-17)14-6-4-9-16(12-14)22-15-7-2-1-3-8-15/h1-4,6-9,12,17H,5,10-11,13H2,(H,19,20)/t17-/m1/s1. The highest BCUT2D eigenvalue weighted by Gasteiger charge is 2.16. The number of hydrogen-bond donors (Lipinski definition) is 1. The molecule has 4 heteroatoms. The van der Waals surface area contributed by atoms with E-state index in [1.165, 1.54) is 0 Å². The van der Waals surface area contributed by atoms with Crippen molar-refractivity contribution in [2.45, 2.75) is 18.9 Å². The van der Waals surface area contributed by atoms with Crippen LogP contribution in [0.25, 0.3) is 0 Å². The fraction of sp³-hybridized carbons (Fsp3) is 0.278. The molecule has 22 heavy (non-hydrogen) atoms. The number of para-hydroxylation sites is 1. The molecule has 0 aromatic heterocycles. The van der Waals surface area contributed by atoms with Gasteiger partial charge in [-0.2, -0.15) is 0 Å². The van der Waals surface area contributed by atoms with Crippen molar-refractivity contribution in [3.63, 3.8) is 0 Å². The van der Waals surface area contributed by atoms with Crippen molar-refractivity contribution in [2.75, 3.05) is 13.2 Å². The molecule has 0 aliphatic carbocycles. The van der Waals surface area contributed by atoms with Crippen molar-refractivity contribution in [1.29, 1.82) is 0 Å². The molecule has 0 saturated carbocycles. The Morgan fingerprint density at radius 1 is 1.14 bits per heavy atom. The molecule has 1 aliphatic rings. The second-order valence-corrected chi connectivity index (χ2v) is 5.29. The van der Waals surface area contributed by atoms with Crippen LogP contribution >= 0.6 is 0 Å². The summed E-state index contributed by atoms with van der Waals surface area (Å²) in [5.74, 6) is 1.30. The largest absolute Gasteiger partial charge is 0.457 e. The van der Waals surface area contributed by atoms with Crippen molar-refractivity contribution in [2.24, 2.45) is 0 Å². The fourth-order valence-electron chi connectivity index (χ4n) is 2.44.